The molecule has 0 bridgehead atoms. The Morgan fingerprint density at radius 1 is 1.37 bits per heavy atom. The molecule has 2 aromatic rings. The highest BCUT2D eigenvalue weighted by Crippen LogP contribution is 2.25. The number of benzene rings is 1. The van der Waals surface area contributed by atoms with Crippen LogP contribution in [0.25, 0.3) is 0 Å². The summed E-state index contributed by atoms with van der Waals surface area (Å²) < 4.78 is 5.47. The van der Waals surface area contributed by atoms with E-state index in [1.165, 1.54) is 6.20 Å². The number of nitrogens with zero attached hydrogens (tertiary/aromatic N) is 2. The SMILES string of the molecule is CCCC1COCCN1C(=O)c1cnc(Cc2c(Cl)cccc2Cl)[nH]c1=O. The standard InChI is InChI=1S/C19H21Cl2N3O3/c1-2-4-12-11-27-8-7-24(12)19(26)14-10-22-17(23-18(14)25)9-13-15(20)5-3-6-16(13)21/h3,5-6,10,12H,2,4,7-9,11H2,1H3,(H,22,23,25). The second-order valence-electron chi connectivity index (χ2n) is 6.47. The second-order valence-corrected chi connectivity index (χ2v) is 7.28. The van der Waals surface area contributed by atoms with Crippen LogP contribution in [0, 0.1) is 0 Å². The highest BCUT2D eigenvalue weighted by molar-refractivity contribution is 6.36. The zero-order valence-electron chi connectivity index (χ0n) is 15.0. The monoisotopic (exact) mass is 409 g/mol. The summed E-state index contributed by atoms with van der Waals surface area (Å²) in [7, 11) is 0. The molecule has 1 amide bonds. The molecule has 1 aliphatic heterocycles. The van der Waals surface area contributed by atoms with Crippen LogP contribution in [0.15, 0.2) is 29.2 Å². The van der Waals surface area contributed by atoms with Gasteiger partial charge in [0, 0.05) is 29.2 Å². The van der Waals surface area contributed by atoms with Crippen LogP contribution in [0.5, 0.6) is 0 Å². The maximum atomic E-state index is 12.9. The number of carbonyl (C=O) groups is 1. The summed E-state index contributed by atoms with van der Waals surface area (Å²) in [6.07, 6.45) is 3.38. The predicted molar refractivity (Wildman–Crippen MR) is 105 cm³/mol. The van der Waals surface area contributed by atoms with Gasteiger partial charge in [-0.05, 0) is 24.1 Å². The molecule has 8 heteroatoms. The minimum absolute atomic E-state index is 0.0164. The van der Waals surface area contributed by atoms with Gasteiger partial charge in [0.25, 0.3) is 11.5 Å². The molecule has 1 unspecified atom stereocenters. The van der Waals surface area contributed by atoms with E-state index < -0.39 is 5.56 Å². The molecule has 1 fully saturated rings. The van der Waals surface area contributed by atoms with Gasteiger partial charge in [-0.3, -0.25) is 9.59 Å². The fourth-order valence-electron chi connectivity index (χ4n) is 3.19. The number of morpholine rings is 1. The van der Waals surface area contributed by atoms with Gasteiger partial charge in [-0.2, -0.15) is 0 Å². The van der Waals surface area contributed by atoms with E-state index in [0.29, 0.717) is 41.2 Å². The number of hydrogen-bond donors (Lipinski definition) is 1. The average molecular weight is 410 g/mol. The summed E-state index contributed by atoms with van der Waals surface area (Å²) in [5.74, 6) is 0.0893. The van der Waals surface area contributed by atoms with Crippen LogP contribution in [0.4, 0.5) is 0 Å². The normalized spacial score (nSPS) is 17.1. The number of aromatic nitrogens is 2. The van der Waals surface area contributed by atoms with Gasteiger partial charge in [-0.15, -0.1) is 0 Å². The number of rotatable bonds is 5. The molecule has 1 aromatic heterocycles. The molecule has 6 nitrogen and oxygen atoms in total. The Morgan fingerprint density at radius 2 is 2.11 bits per heavy atom. The van der Waals surface area contributed by atoms with Crippen molar-refractivity contribution in [1.82, 2.24) is 14.9 Å². The summed E-state index contributed by atoms with van der Waals surface area (Å²) in [5, 5.41) is 1.00. The highest BCUT2D eigenvalue weighted by atomic mass is 35.5. The van der Waals surface area contributed by atoms with Gasteiger partial charge < -0.3 is 14.6 Å². The van der Waals surface area contributed by atoms with E-state index in [1.54, 1.807) is 23.1 Å². The van der Waals surface area contributed by atoms with Crippen molar-refractivity contribution in [3.8, 4) is 0 Å². The number of aromatic amines is 1. The van der Waals surface area contributed by atoms with Crippen molar-refractivity contribution in [3.63, 3.8) is 0 Å². The van der Waals surface area contributed by atoms with E-state index in [9.17, 15) is 9.59 Å². The molecule has 3 rings (SSSR count). The molecule has 1 aliphatic rings. The molecule has 0 spiro atoms. The van der Waals surface area contributed by atoms with Gasteiger partial charge in [-0.25, -0.2) is 4.98 Å². The maximum absolute atomic E-state index is 12.9. The summed E-state index contributed by atoms with van der Waals surface area (Å²) in [6.45, 7) is 3.49. The first kappa shape index (κ1) is 19.9. The molecule has 1 aromatic carbocycles. The average Bonchev–Trinajstić information content (AvgIpc) is 2.65. The second kappa shape index (κ2) is 8.87. The predicted octanol–water partition coefficient (Wildman–Crippen LogP) is 3.31. The Hall–Kier alpha value is -1.89. The Bertz CT molecular complexity index is 862. The Balaban J connectivity index is 1.82. The number of hydrogen-bond acceptors (Lipinski definition) is 4. The molecule has 2 heterocycles. The molecule has 0 radical (unpaired) electrons. The fraction of sp³-hybridized carbons (Fsp3) is 0.421. The number of H-pyrrole nitrogens is 1. The van der Waals surface area contributed by atoms with Crippen molar-refractivity contribution >= 4 is 29.1 Å². The molecule has 1 saturated heterocycles. The largest absolute Gasteiger partial charge is 0.377 e. The van der Waals surface area contributed by atoms with E-state index in [0.717, 1.165) is 12.8 Å². The van der Waals surface area contributed by atoms with E-state index in [1.807, 2.05) is 0 Å². The quantitative estimate of drug-likeness (QED) is 0.821. The van der Waals surface area contributed by atoms with Crippen LogP contribution in [-0.4, -0.2) is 46.6 Å². The summed E-state index contributed by atoms with van der Waals surface area (Å²) in [5.41, 5.74) is 0.251. The number of ether oxygens (including phenoxy) is 1. The van der Waals surface area contributed by atoms with Crippen molar-refractivity contribution in [3.05, 3.63) is 61.7 Å². The molecule has 0 aliphatic carbocycles. The summed E-state index contributed by atoms with van der Waals surface area (Å²) in [4.78, 5) is 34.0. The van der Waals surface area contributed by atoms with Gasteiger partial charge in [0.15, 0.2) is 0 Å². The lowest BCUT2D eigenvalue weighted by Crippen LogP contribution is -2.49. The van der Waals surface area contributed by atoms with Crippen LogP contribution in [0.2, 0.25) is 10.0 Å². The molecule has 144 valence electrons. The maximum Gasteiger partial charge on any atom is 0.263 e. The minimum Gasteiger partial charge on any atom is -0.377 e. The van der Waals surface area contributed by atoms with Gasteiger partial charge in [0.05, 0.1) is 19.3 Å². The Labute approximate surface area is 167 Å². The van der Waals surface area contributed by atoms with Crippen LogP contribution in [-0.2, 0) is 11.2 Å². The lowest BCUT2D eigenvalue weighted by Gasteiger charge is -2.35. The first-order valence-corrected chi connectivity index (χ1v) is 9.66. The molecular formula is C19H21Cl2N3O3. The van der Waals surface area contributed by atoms with Crippen molar-refractivity contribution in [2.75, 3.05) is 19.8 Å². The zero-order chi connectivity index (χ0) is 19.4. The van der Waals surface area contributed by atoms with Crippen molar-refractivity contribution in [2.45, 2.75) is 32.2 Å². The van der Waals surface area contributed by atoms with Gasteiger partial charge in [0.1, 0.15) is 11.4 Å². The third-order valence-corrected chi connectivity index (χ3v) is 5.31. The van der Waals surface area contributed by atoms with Crippen molar-refractivity contribution in [2.24, 2.45) is 0 Å². The summed E-state index contributed by atoms with van der Waals surface area (Å²) >= 11 is 12.3. The smallest absolute Gasteiger partial charge is 0.263 e. The van der Waals surface area contributed by atoms with Gasteiger partial charge in [0.2, 0.25) is 0 Å². The molecule has 0 saturated carbocycles. The first-order chi connectivity index (χ1) is 13.0. The van der Waals surface area contributed by atoms with Crippen LogP contribution < -0.4 is 5.56 Å². The van der Waals surface area contributed by atoms with E-state index in [-0.39, 0.29) is 23.9 Å². The third kappa shape index (κ3) is 4.51. The molecule has 1 N–H and O–H groups in total. The van der Waals surface area contributed by atoms with Crippen LogP contribution in [0.3, 0.4) is 0 Å². The number of amides is 1. The number of carbonyl (C=O) groups excluding carboxylic acids is 1. The lowest BCUT2D eigenvalue weighted by molar-refractivity contribution is -0.00445. The van der Waals surface area contributed by atoms with E-state index in [4.69, 9.17) is 27.9 Å². The van der Waals surface area contributed by atoms with Gasteiger partial charge in [-0.1, -0.05) is 42.6 Å². The Morgan fingerprint density at radius 3 is 2.78 bits per heavy atom. The topological polar surface area (TPSA) is 75.3 Å². The van der Waals surface area contributed by atoms with Crippen LogP contribution >= 0.6 is 23.2 Å². The Kier molecular flexibility index (Phi) is 6.52. The van der Waals surface area contributed by atoms with Gasteiger partial charge >= 0.3 is 0 Å². The van der Waals surface area contributed by atoms with E-state index >= 15 is 0 Å². The number of halogens is 2. The van der Waals surface area contributed by atoms with Crippen molar-refractivity contribution in [1.29, 1.82) is 0 Å². The fourth-order valence-corrected chi connectivity index (χ4v) is 3.72. The summed E-state index contributed by atoms with van der Waals surface area (Å²) in [6, 6.07) is 5.19. The van der Waals surface area contributed by atoms with Crippen LogP contribution in [0.1, 0.15) is 41.5 Å². The molecule has 1 atom stereocenters. The highest BCUT2D eigenvalue weighted by Gasteiger charge is 2.29. The molecule has 27 heavy (non-hydrogen) atoms. The first-order valence-electron chi connectivity index (χ1n) is 8.91. The third-order valence-electron chi connectivity index (χ3n) is 4.60. The zero-order valence-corrected chi connectivity index (χ0v) is 16.5. The lowest BCUT2D eigenvalue weighted by atomic mass is 10.1. The van der Waals surface area contributed by atoms with Crippen molar-refractivity contribution < 1.29 is 9.53 Å². The van der Waals surface area contributed by atoms with E-state index in [2.05, 4.69) is 16.9 Å². The molecular weight excluding hydrogens is 389 g/mol. The number of nitrogens with one attached hydrogen (secondary N) is 1. The minimum atomic E-state index is -0.463.